The van der Waals surface area contributed by atoms with Gasteiger partial charge in [-0.15, -0.1) is 0 Å². The zero-order valence-electron chi connectivity index (χ0n) is 15.1. The van der Waals surface area contributed by atoms with Gasteiger partial charge in [0.15, 0.2) is 5.58 Å². The molecule has 2 N–H and O–H groups in total. The zero-order chi connectivity index (χ0) is 17.8. The van der Waals surface area contributed by atoms with E-state index in [1.165, 1.54) is 25.7 Å². The number of nitriles is 1. The molecule has 2 aromatic rings. The second-order valence-electron chi connectivity index (χ2n) is 7.48. The van der Waals surface area contributed by atoms with Crippen LogP contribution in [-0.4, -0.2) is 24.1 Å². The van der Waals surface area contributed by atoms with Gasteiger partial charge in [-0.3, -0.25) is 0 Å². The molecule has 1 saturated carbocycles. The summed E-state index contributed by atoms with van der Waals surface area (Å²) in [7, 11) is 0. The van der Waals surface area contributed by atoms with E-state index >= 15 is 0 Å². The summed E-state index contributed by atoms with van der Waals surface area (Å²) in [6.07, 6.45) is 14.7. The van der Waals surface area contributed by atoms with Crippen molar-refractivity contribution in [1.82, 2.24) is 10.3 Å². The third-order valence-corrected chi connectivity index (χ3v) is 5.64. The van der Waals surface area contributed by atoms with Crippen molar-refractivity contribution in [1.29, 1.82) is 5.26 Å². The Morgan fingerprint density at radius 3 is 2.85 bits per heavy atom. The molecular formula is C21H26N4O. The first kappa shape index (κ1) is 17.1. The second-order valence-corrected chi connectivity index (χ2v) is 7.48. The average Bonchev–Trinajstić information content (AvgIpc) is 3.30. The fraction of sp³-hybridized carbons (Fsp3) is 0.524. The van der Waals surface area contributed by atoms with Crippen molar-refractivity contribution < 1.29 is 4.42 Å². The van der Waals surface area contributed by atoms with Gasteiger partial charge in [0, 0.05) is 17.0 Å². The fourth-order valence-corrected chi connectivity index (χ4v) is 4.15. The maximum Gasteiger partial charge on any atom is 0.212 e. The topological polar surface area (TPSA) is 73.9 Å². The number of furan rings is 1. The van der Waals surface area contributed by atoms with Crippen molar-refractivity contribution in [3.05, 3.63) is 29.7 Å². The van der Waals surface area contributed by atoms with E-state index < -0.39 is 0 Å². The number of allylic oxidation sites excluding steroid dienone is 1. The lowest BCUT2D eigenvalue weighted by Gasteiger charge is -2.24. The van der Waals surface area contributed by atoms with Crippen molar-refractivity contribution in [2.45, 2.75) is 51.0 Å². The molecule has 2 fully saturated rings. The number of fused-ring (bicyclic) bond motifs is 1. The minimum Gasteiger partial charge on any atom is -0.443 e. The molecule has 136 valence electrons. The number of nitrogens with one attached hydrogen (secondary N) is 2. The van der Waals surface area contributed by atoms with Crippen LogP contribution in [0.3, 0.4) is 0 Å². The van der Waals surface area contributed by atoms with E-state index in [-0.39, 0.29) is 0 Å². The Balaban J connectivity index is 1.56. The Morgan fingerprint density at radius 2 is 2.08 bits per heavy atom. The number of rotatable bonds is 5. The first-order valence-electron chi connectivity index (χ1n) is 9.80. The standard InChI is InChI=1S/C21H26N4O/c22-13-19-17(7-3-6-15-4-1-2-5-15)18-12-21(24-14-20(18)26-19)25-16-8-10-23-11-9-16/h3,7,12,14-16,23H,1-2,4-6,8-11H2,(H,24,25)/b7-3+. The Bertz CT molecular complexity index is 820. The number of anilines is 1. The first-order chi connectivity index (χ1) is 12.8. The predicted molar refractivity (Wildman–Crippen MR) is 104 cm³/mol. The lowest BCUT2D eigenvalue weighted by molar-refractivity contribution is 0.478. The van der Waals surface area contributed by atoms with Crippen molar-refractivity contribution in [3.8, 4) is 6.07 Å². The highest BCUT2D eigenvalue weighted by molar-refractivity contribution is 5.90. The van der Waals surface area contributed by atoms with E-state index in [0.717, 1.165) is 55.0 Å². The molecule has 2 aromatic heterocycles. The molecule has 5 nitrogen and oxygen atoms in total. The minimum absolute atomic E-state index is 0.378. The summed E-state index contributed by atoms with van der Waals surface area (Å²) < 4.78 is 5.70. The number of nitrogens with zero attached hydrogens (tertiary/aromatic N) is 2. The Morgan fingerprint density at radius 1 is 1.27 bits per heavy atom. The lowest BCUT2D eigenvalue weighted by atomic mass is 10.0. The fourth-order valence-electron chi connectivity index (χ4n) is 4.15. The largest absolute Gasteiger partial charge is 0.443 e. The zero-order valence-corrected chi connectivity index (χ0v) is 15.1. The molecule has 1 aliphatic heterocycles. The summed E-state index contributed by atoms with van der Waals surface area (Å²) in [6.45, 7) is 2.08. The number of aromatic nitrogens is 1. The smallest absolute Gasteiger partial charge is 0.212 e. The number of hydrogen-bond donors (Lipinski definition) is 2. The van der Waals surface area contributed by atoms with Gasteiger partial charge >= 0.3 is 0 Å². The average molecular weight is 350 g/mol. The van der Waals surface area contributed by atoms with Crippen LogP contribution in [0, 0.1) is 17.2 Å². The van der Waals surface area contributed by atoms with Crippen LogP contribution >= 0.6 is 0 Å². The van der Waals surface area contributed by atoms with Gasteiger partial charge < -0.3 is 15.1 Å². The molecule has 26 heavy (non-hydrogen) atoms. The van der Waals surface area contributed by atoms with Crippen LogP contribution in [0.4, 0.5) is 5.82 Å². The minimum atomic E-state index is 0.378. The predicted octanol–water partition coefficient (Wildman–Crippen LogP) is 4.46. The molecule has 0 bridgehead atoms. The van der Waals surface area contributed by atoms with Gasteiger partial charge in [-0.2, -0.15) is 5.26 Å². The van der Waals surface area contributed by atoms with Crippen molar-refractivity contribution in [2.24, 2.45) is 5.92 Å². The Hall–Kier alpha value is -2.32. The highest BCUT2D eigenvalue weighted by Gasteiger charge is 2.17. The number of pyridine rings is 1. The summed E-state index contributed by atoms with van der Waals surface area (Å²) in [4.78, 5) is 4.47. The molecule has 2 aliphatic rings. The van der Waals surface area contributed by atoms with Crippen LogP contribution in [0.2, 0.25) is 0 Å². The van der Waals surface area contributed by atoms with Gasteiger partial charge in [0.05, 0.1) is 6.20 Å². The third-order valence-electron chi connectivity index (χ3n) is 5.64. The summed E-state index contributed by atoms with van der Waals surface area (Å²) in [5.74, 6) is 2.04. The monoisotopic (exact) mass is 350 g/mol. The molecule has 0 aromatic carbocycles. The van der Waals surface area contributed by atoms with Crippen molar-refractivity contribution >= 4 is 22.9 Å². The normalized spacial score (nSPS) is 19.3. The molecule has 0 amide bonds. The maximum atomic E-state index is 9.44. The van der Waals surface area contributed by atoms with E-state index in [9.17, 15) is 5.26 Å². The van der Waals surface area contributed by atoms with Crippen LogP contribution in [0.25, 0.3) is 17.0 Å². The molecule has 4 rings (SSSR count). The summed E-state index contributed by atoms with van der Waals surface area (Å²) in [5.41, 5.74) is 1.56. The molecule has 0 atom stereocenters. The van der Waals surface area contributed by atoms with Gasteiger partial charge in [-0.05, 0) is 44.3 Å². The van der Waals surface area contributed by atoms with Crippen molar-refractivity contribution in [2.75, 3.05) is 18.4 Å². The van der Waals surface area contributed by atoms with Crippen LogP contribution in [0.1, 0.15) is 56.3 Å². The van der Waals surface area contributed by atoms with Crippen molar-refractivity contribution in [3.63, 3.8) is 0 Å². The molecule has 0 radical (unpaired) electrons. The Kier molecular flexibility index (Phi) is 5.21. The quantitative estimate of drug-likeness (QED) is 0.833. The molecule has 3 heterocycles. The Labute approximate surface area is 154 Å². The number of hydrogen-bond acceptors (Lipinski definition) is 5. The third kappa shape index (κ3) is 3.76. The summed E-state index contributed by atoms with van der Waals surface area (Å²) in [6, 6.07) is 4.66. The van der Waals surface area contributed by atoms with E-state index in [4.69, 9.17) is 4.42 Å². The van der Waals surface area contributed by atoms with E-state index in [1.807, 2.05) is 6.07 Å². The van der Waals surface area contributed by atoms with Gasteiger partial charge in [-0.1, -0.05) is 37.8 Å². The molecule has 1 aliphatic carbocycles. The molecule has 0 unspecified atom stereocenters. The molecule has 1 saturated heterocycles. The number of piperidine rings is 1. The lowest BCUT2D eigenvalue weighted by Crippen LogP contribution is -2.35. The molecule has 0 spiro atoms. The van der Waals surface area contributed by atoms with Gasteiger partial charge in [-0.25, -0.2) is 4.98 Å². The molecule has 5 heteroatoms. The van der Waals surface area contributed by atoms with Gasteiger partial charge in [0.2, 0.25) is 5.76 Å². The first-order valence-corrected chi connectivity index (χ1v) is 9.80. The van der Waals surface area contributed by atoms with E-state index in [1.54, 1.807) is 6.20 Å². The highest BCUT2D eigenvalue weighted by atomic mass is 16.3. The van der Waals surface area contributed by atoms with E-state index in [0.29, 0.717) is 17.4 Å². The molecular weight excluding hydrogens is 324 g/mol. The van der Waals surface area contributed by atoms with Crippen LogP contribution in [0.15, 0.2) is 22.8 Å². The summed E-state index contributed by atoms with van der Waals surface area (Å²) in [5, 5.41) is 17.3. The summed E-state index contributed by atoms with van der Waals surface area (Å²) >= 11 is 0. The van der Waals surface area contributed by atoms with Crippen LogP contribution in [0.5, 0.6) is 0 Å². The second kappa shape index (κ2) is 7.92. The highest BCUT2D eigenvalue weighted by Crippen LogP contribution is 2.31. The van der Waals surface area contributed by atoms with E-state index in [2.05, 4.69) is 33.8 Å². The van der Waals surface area contributed by atoms with Crippen LogP contribution < -0.4 is 10.6 Å². The van der Waals surface area contributed by atoms with Gasteiger partial charge in [0.1, 0.15) is 11.9 Å². The maximum absolute atomic E-state index is 9.44. The SMILES string of the molecule is N#Cc1oc2cnc(NC3CCNCC3)cc2c1/C=C/CC1CCCC1. The van der Waals surface area contributed by atoms with Crippen LogP contribution in [-0.2, 0) is 0 Å². The van der Waals surface area contributed by atoms with Gasteiger partial charge in [0.25, 0.3) is 0 Å².